The van der Waals surface area contributed by atoms with E-state index in [1.54, 1.807) is 0 Å². The highest BCUT2D eigenvalue weighted by molar-refractivity contribution is 6.06. The Bertz CT molecular complexity index is 221. The lowest BCUT2D eigenvalue weighted by Gasteiger charge is -2.36. The van der Waals surface area contributed by atoms with Crippen LogP contribution in [0.5, 0.6) is 0 Å². The van der Waals surface area contributed by atoms with Gasteiger partial charge in [-0.2, -0.15) is 0 Å². The first-order valence-corrected chi connectivity index (χ1v) is 4.22. The maximum absolute atomic E-state index is 11.4. The normalized spacial score (nSPS) is 26.4. The van der Waals surface area contributed by atoms with Crippen LogP contribution in [-0.4, -0.2) is 5.78 Å². The van der Waals surface area contributed by atoms with Gasteiger partial charge in [-0.15, -0.1) is 0 Å². The third-order valence-corrected chi connectivity index (χ3v) is 2.55. The number of allylic oxidation sites excluding steroid dienone is 2. The minimum Gasteiger partial charge on any atom is -0.294 e. The molecule has 0 unspecified atom stereocenters. The van der Waals surface area contributed by atoms with Crippen molar-refractivity contribution < 1.29 is 4.79 Å². The second-order valence-electron chi connectivity index (χ2n) is 4.00. The Balaban J connectivity index is 2.80. The molecular weight excluding hydrogens is 136 g/mol. The molecule has 0 radical (unpaired) electrons. The van der Waals surface area contributed by atoms with Crippen molar-refractivity contribution in [3.05, 3.63) is 11.1 Å². The van der Waals surface area contributed by atoms with E-state index in [0.717, 1.165) is 18.4 Å². The summed E-state index contributed by atoms with van der Waals surface area (Å²) in [5.74, 6) is 0.358. The summed E-state index contributed by atoms with van der Waals surface area (Å²) in [4.78, 5) is 11.4. The van der Waals surface area contributed by atoms with E-state index in [-0.39, 0.29) is 5.41 Å². The Kier molecular flexibility index (Phi) is 1.91. The van der Waals surface area contributed by atoms with Gasteiger partial charge < -0.3 is 0 Å². The molecule has 1 aliphatic carbocycles. The molecule has 1 rings (SSSR count). The molecule has 0 bridgehead atoms. The summed E-state index contributed by atoms with van der Waals surface area (Å²) in [5.41, 5.74) is 2.29. The van der Waals surface area contributed by atoms with Gasteiger partial charge in [0, 0.05) is 5.41 Å². The molecule has 1 nitrogen and oxygen atoms in total. The van der Waals surface area contributed by atoms with Crippen LogP contribution in [0.15, 0.2) is 11.1 Å². The van der Waals surface area contributed by atoms with Gasteiger partial charge in [-0.05, 0) is 25.3 Å². The number of hydrogen-bond donors (Lipinski definition) is 0. The van der Waals surface area contributed by atoms with Crippen LogP contribution in [0.3, 0.4) is 0 Å². The monoisotopic (exact) mass is 152 g/mol. The summed E-state index contributed by atoms with van der Waals surface area (Å²) in [6, 6.07) is 0. The molecule has 11 heavy (non-hydrogen) atoms. The molecule has 0 saturated heterocycles. The number of hydrogen-bond acceptors (Lipinski definition) is 1. The standard InChI is InChI=1S/C10H16O/c1-5-7(2)8-6-10(3,4)9(8)11/h5-6H2,1-4H3/b8-7+. The van der Waals surface area contributed by atoms with Crippen molar-refractivity contribution in [1.29, 1.82) is 0 Å². The van der Waals surface area contributed by atoms with E-state index >= 15 is 0 Å². The van der Waals surface area contributed by atoms with Crippen molar-refractivity contribution in [3.63, 3.8) is 0 Å². The molecule has 0 aromatic carbocycles. The fraction of sp³-hybridized carbons (Fsp3) is 0.700. The van der Waals surface area contributed by atoms with Gasteiger partial charge in [0.1, 0.15) is 0 Å². The second-order valence-corrected chi connectivity index (χ2v) is 4.00. The van der Waals surface area contributed by atoms with E-state index in [1.165, 1.54) is 5.57 Å². The maximum Gasteiger partial charge on any atom is 0.164 e. The average molecular weight is 152 g/mol. The van der Waals surface area contributed by atoms with Gasteiger partial charge in [-0.25, -0.2) is 0 Å². The summed E-state index contributed by atoms with van der Waals surface area (Å²) in [6.07, 6.45) is 1.99. The first-order chi connectivity index (χ1) is 4.99. The van der Waals surface area contributed by atoms with Crippen LogP contribution in [0.4, 0.5) is 0 Å². The van der Waals surface area contributed by atoms with E-state index in [0.29, 0.717) is 5.78 Å². The van der Waals surface area contributed by atoms with Gasteiger partial charge in [0.25, 0.3) is 0 Å². The Morgan fingerprint density at radius 2 is 2.09 bits per heavy atom. The molecule has 0 aromatic heterocycles. The molecule has 1 saturated carbocycles. The second kappa shape index (κ2) is 2.47. The van der Waals surface area contributed by atoms with Gasteiger partial charge in [0.05, 0.1) is 0 Å². The molecule has 62 valence electrons. The van der Waals surface area contributed by atoms with Crippen molar-refractivity contribution in [1.82, 2.24) is 0 Å². The topological polar surface area (TPSA) is 17.1 Å². The fourth-order valence-corrected chi connectivity index (χ4v) is 1.46. The summed E-state index contributed by atoms with van der Waals surface area (Å²) in [6.45, 7) is 8.19. The van der Waals surface area contributed by atoms with Crippen molar-refractivity contribution in [3.8, 4) is 0 Å². The lowest BCUT2D eigenvalue weighted by Crippen LogP contribution is -2.38. The molecule has 0 amide bonds. The van der Waals surface area contributed by atoms with Gasteiger partial charge >= 0.3 is 0 Å². The van der Waals surface area contributed by atoms with Gasteiger partial charge in [0.15, 0.2) is 5.78 Å². The predicted octanol–water partition coefficient (Wildman–Crippen LogP) is 2.71. The molecule has 1 fully saturated rings. The van der Waals surface area contributed by atoms with E-state index < -0.39 is 0 Å². The molecule has 0 aromatic rings. The molecule has 0 heterocycles. The minimum atomic E-state index is -0.0637. The number of rotatable bonds is 1. The van der Waals surface area contributed by atoms with E-state index in [9.17, 15) is 4.79 Å². The highest BCUT2D eigenvalue weighted by Gasteiger charge is 2.42. The molecule has 0 atom stereocenters. The largest absolute Gasteiger partial charge is 0.294 e. The third kappa shape index (κ3) is 1.24. The molecule has 0 aliphatic heterocycles. The van der Waals surface area contributed by atoms with Crippen LogP contribution in [-0.2, 0) is 4.79 Å². The Hall–Kier alpha value is -0.590. The Morgan fingerprint density at radius 1 is 1.55 bits per heavy atom. The highest BCUT2D eigenvalue weighted by atomic mass is 16.1. The van der Waals surface area contributed by atoms with Crippen LogP contribution in [0, 0.1) is 5.41 Å². The smallest absolute Gasteiger partial charge is 0.164 e. The van der Waals surface area contributed by atoms with Crippen molar-refractivity contribution in [2.75, 3.05) is 0 Å². The highest BCUT2D eigenvalue weighted by Crippen LogP contribution is 2.42. The van der Waals surface area contributed by atoms with Crippen LogP contribution >= 0.6 is 0 Å². The molecular formula is C10H16O. The summed E-state index contributed by atoms with van der Waals surface area (Å²) in [5, 5.41) is 0. The van der Waals surface area contributed by atoms with Crippen molar-refractivity contribution in [2.45, 2.75) is 40.5 Å². The predicted molar refractivity (Wildman–Crippen MR) is 46.4 cm³/mol. The number of Topliss-reactive ketones (excluding diaryl/α,β-unsaturated/α-hetero) is 1. The third-order valence-electron chi connectivity index (χ3n) is 2.55. The van der Waals surface area contributed by atoms with Gasteiger partial charge in [0.2, 0.25) is 0 Å². The zero-order chi connectivity index (χ0) is 8.65. The molecule has 0 spiro atoms. The molecule has 1 aliphatic rings. The average Bonchev–Trinajstić information content (AvgIpc) is 1.98. The van der Waals surface area contributed by atoms with E-state index in [1.807, 2.05) is 13.8 Å². The zero-order valence-electron chi connectivity index (χ0n) is 7.82. The van der Waals surface area contributed by atoms with Crippen LogP contribution in [0.2, 0.25) is 0 Å². The molecule has 0 N–H and O–H groups in total. The molecule has 1 heteroatoms. The summed E-state index contributed by atoms with van der Waals surface area (Å²) in [7, 11) is 0. The van der Waals surface area contributed by atoms with Crippen molar-refractivity contribution >= 4 is 5.78 Å². The minimum absolute atomic E-state index is 0.0637. The van der Waals surface area contributed by atoms with Crippen LogP contribution in [0.25, 0.3) is 0 Å². The Labute approximate surface area is 68.5 Å². The van der Waals surface area contributed by atoms with E-state index in [4.69, 9.17) is 0 Å². The lowest BCUT2D eigenvalue weighted by atomic mass is 9.65. The number of carbonyl (C=O) groups is 1. The lowest BCUT2D eigenvalue weighted by molar-refractivity contribution is -0.128. The first-order valence-electron chi connectivity index (χ1n) is 4.22. The van der Waals surface area contributed by atoms with Gasteiger partial charge in [-0.1, -0.05) is 26.3 Å². The van der Waals surface area contributed by atoms with Crippen LogP contribution in [0.1, 0.15) is 40.5 Å². The summed E-state index contributed by atoms with van der Waals surface area (Å²) >= 11 is 0. The van der Waals surface area contributed by atoms with Crippen LogP contribution < -0.4 is 0 Å². The maximum atomic E-state index is 11.4. The quantitative estimate of drug-likeness (QED) is 0.528. The summed E-state index contributed by atoms with van der Waals surface area (Å²) < 4.78 is 0. The number of carbonyl (C=O) groups excluding carboxylic acids is 1. The fourth-order valence-electron chi connectivity index (χ4n) is 1.46. The Morgan fingerprint density at radius 3 is 2.36 bits per heavy atom. The first kappa shape index (κ1) is 8.51. The number of ketones is 1. The van der Waals surface area contributed by atoms with Gasteiger partial charge in [-0.3, -0.25) is 4.79 Å². The SMILES string of the molecule is CC/C(C)=C1\CC(C)(C)C1=O. The van der Waals surface area contributed by atoms with E-state index in [2.05, 4.69) is 13.8 Å². The zero-order valence-corrected chi connectivity index (χ0v) is 7.82. The van der Waals surface area contributed by atoms with Crippen molar-refractivity contribution in [2.24, 2.45) is 5.41 Å².